The lowest BCUT2D eigenvalue weighted by Crippen LogP contribution is -2.09. The number of nitrogens with zero attached hydrogens (tertiary/aromatic N) is 1. The van der Waals surface area contributed by atoms with Crippen molar-refractivity contribution in [1.82, 2.24) is 4.98 Å². The second kappa shape index (κ2) is 6.50. The molecule has 19 heavy (non-hydrogen) atoms. The first kappa shape index (κ1) is 13.8. The Morgan fingerprint density at radius 2 is 2.05 bits per heavy atom. The summed E-state index contributed by atoms with van der Waals surface area (Å²) in [7, 11) is 0. The number of benzene rings is 1. The molecule has 2 rings (SSSR count). The van der Waals surface area contributed by atoms with E-state index in [4.69, 9.17) is 15.2 Å². The van der Waals surface area contributed by atoms with E-state index in [9.17, 15) is 0 Å². The number of aromatic nitrogens is 1. The Balaban J connectivity index is 1.99. The van der Waals surface area contributed by atoms with Crippen molar-refractivity contribution in [3.63, 3.8) is 0 Å². The maximum atomic E-state index is 5.93. The molecule has 0 unspecified atom stereocenters. The summed E-state index contributed by atoms with van der Waals surface area (Å²) in [5.41, 5.74) is 8.64. The summed E-state index contributed by atoms with van der Waals surface area (Å²) in [5.74, 6) is 0. The van der Waals surface area contributed by atoms with Gasteiger partial charge in [-0.3, -0.25) is 4.98 Å². The normalized spacial score (nSPS) is 11.3. The molecule has 0 aliphatic heterocycles. The van der Waals surface area contributed by atoms with Gasteiger partial charge in [-0.15, -0.1) is 0 Å². The summed E-state index contributed by atoms with van der Waals surface area (Å²) in [6.45, 7) is 5.74. The van der Waals surface area contributed by atoms with Crippen LogP contribution in [0.15, 0.2) is 30.5 Å². The number of nitrogen functional groups attached to an aromatic ring is 1. The Labute approximate surface area is 113 Å². The van der Waals surface area contributed by atoms with Gasteiger partial charge in [0.1, 0.15) is 0 Å². The van der Waals surface area contributed by atoms with Crippen molar-refractivity contribution in [2.75, 3.05) is 18.9 Å². The van der Waals surface area contributed by atoms with Crippen molar-refractivity contribution < 1.29 is 9.47 Å². The number of fused-ring (bicyclic) bond motifs is 1. The summed E-state index contributed by atoms with van der Waals surface area (Å²) in [5, 5.41) is 0.974. The molecule has 4 nitrogen and oxygen atoms in total. The van der Waals surface area contributed by atoms with Crippen LogP contribution in [-0.4, -0.2) is 24.3 Å². The van der Waals surface area contributed by atoms with Crippen LogP contribution in [0.2, 0.25) is 0 Å². The maximum absolute atomic E-state index is 5.93. The van der Waals surface area contributed by atoms with Crippen LogP contribution in [0.5, 0.6) is 0 Å². The second-order valence-corrected chi connectivity index (χ2v) is 4.69. The molecule has 0 aliphatic rings. The van der Waals surface area contributed by atoms with Gasteiger partial charge in [-0.05, 0) is 32.0 Å². The quantitative estimate of drug-likeness (QED) is 0.641. The van der Waals surface area contributed by atoms with Crippen molar-refractivity contribution in [1.29, 1.82) is 0 Å². The van der Waals surface area contributed by atoms with Crippen LogP contribution in [-0.2, 0) is 16.1 Å². The van der Waals surface area contributed by atoms with Crippen LogP contribution in [0.1, 0.15) is 19.4 Å². The van der Waals surface area contributed by atoms with Gasteiger partial charge >= 0.3 is 0 Å². The van der Waals surface area contributed by atoms with Crippen molar-refractivity contribution in [3.05, 3.63) is 36.0 Å². The third-order valence-corrected chi connectivity index (χ3v) is 2.82. The van der Waals surface area contributed by atoms with E-state index in [0.29, 0.717) is 19.8 Å². The van der Waals surface area contributed by atoms with Crippen LogP contribution in [0.4, 0.5) is 5.69 Å². The standard InChI is InChI=1S/C15H20N2O2/c1-11(2)19-9-8-18-10-12-5-6-14(16)13-4-3-7-17-15(12)13/h3-7,11H,8-10,16H2,1-2H3. The van der Waals surface area contributed by atoms with Crippen molar-refractivity contribution >= 4 is 16.6 Å². The first-order chi connectivity index (χ1) is 9.18. The molecule has 4 heteroatoms. The highest BCUT2D eigenvalue weighted by Gasteiger charge is 2.05. The van der Waals surface area contributed by atoms with E-state index in [-0.39, 0.29) is 6.10 Å². The Bertz CT molecular complexity index is 541. The average molecular weight is 260 g/mol. The Morgan fingerprint density at radius 1 is 1.21 bits per heavy atom. The molecule has 0 aliphatic carbocycles. The smallest absolute Gasteiger partial charge is 0.0777 e. The largest absolute Gasteiger partial charge is 0.398 e. The molecule has 0 amide bonds. The van der Waals surface area contributed by atoms with Gasteiger partial charge in [0.2, 0.25) is 0 Å². The highest BCUT2D eigenvalue weighted by Crippen LogP contribution is 2.22. The predicted octanol–water partition coefficient (Wildman–Crippen LogP) is 2.76. The van der Waals surface area contributed by atoms with Crippen molar-refractivity contribution in [2.45, 2.75) is 26.6 Å². The molecule has 0 bridgehead atoms. The van der Waals surface area contributed by atoms with Gasteiger partial charge in [-0.1, -0.05) is 6.07 Å². The van der Waals surface area contributed by atoms with Crippen molar-refractivity contribution in [3.8, 4) is 0 Å². The minimum absolute atomic E-state index is 0.239. The minimum Gasteiger partial charge on any atom is -0.398 e. The predicted molar refractivity (Wildman–Crippen MR) is 76.9 cm³/mol. The molecule has 0 fully saturated rings. The van der Waals surface area contributed by atoms with E-state index in [0.717, 1.165) is 22.2 Å². The number of hydrogen-bond donors (Lipinski definition) is 1. The van der Waals surface area contributed by atoms with Crippen LogP contribution >= 0.6 is 0 Å². The number of pyridine rings is 1. The Morgan fingerprint density at radius 3 is 2.84 bits per heavy atom. The first-order valence-electron chi connectivity index (χ1n) is 6.50. The average Bonchev–Trinajstić information content (AvgIpc) is 2.41. The second-order valence-electron chi connectivity index (χ2n) is 4.69. The molecular weight excluding hydrogens is 240 g/mol. The van der Waals surface area contributed by atoms with Crippen LogP contribution in [0.25, 0.3) is 10.9 Å². The summed E-state index contributed by atoms with van der Waals surface area (Å²) in [6.07, 6.45) is 2.01. The van der Waals surface area contributed by atoms with Crippen molar-refractivity contribution in [2.24, 2.45) is 0 Å². The topological polar surface area (TPSA) is 57.4 Å². The summed E-state index contributed by atoms with van der Waals surface area (Å²) >= 11 is 0. The first-order valence-corrected chi connectivity index (χ1v) is 6.50. The zero-order chi connectivity index (χ0) is 13.7. The molecule has 1 aromatic carbocycles. The van der Waals surface area contributed by atoms with E-state index < -0.39 is 0 Å². The van der Waals surface area contributed by atoms with Crippen LogP contribution in [0.3, 0.4) is 0 Å². The van der Waals surface area contributed by atoms with E-state index >= 15 is 0 Å². The zero-order valence-corrected chi connectivity index (χ0v) is 11.4. The van der Waals surface area contributed by atoms with Crippen LogP contribution < -0.4 is 5.73 Å². The highest BCUT2D eigenvalue weighted by molar-refractivity contribution is 5.92. The number of hydrogen-bond acceptors (Lipinski definition) is 4. The fourth-order valence-electron chi connectivity index (χ4n) is 1.89. The lowest BCUT2D eigenvalue weighted by Gasteiger charge is -2.10. The molecule has 0 radical (unpaired) electrons. The number of rotatable bonds is 6. The van der Waals surface area contributed by atoms with E-state index in [1.165, 1.54) is 0 Å². The van der Waals surface area contributed by atoms with Gasteiger partial charge in [0, 0.05) is 22.8 Å². The SMILES string of the molecule is CC(C)OCCOCc1ccc(N)c2cccnc12. The van der Waals surface area contributed by atoms with E-state index in [2.05, 4.69) is 4.98 Å². The number of ether oxygens (including phenoxy) is 2. The van der Waals surface area contributed by atoms with Crippen LogP contribution in [0, 0.1) is 0 Å². The molecule has 2 N–H and O–H groups in total. The van der Waals surface area contributed by atoms with Gasteiger partial charge in [-0.2, -0.15) is 0 Å². The highest BCUT2D eigenvalue weighted by atomic mass is 16.5. The monoisotopic (exact) mass is 260 g/mol. The fourth-order valence-corrected chi connectivity index (χ4v) is 1.89. The summed E-state index contributed by atoms with van der Waals surface area (Å²) < 4.78 is 11.0. The molecular formula is C15H20N2O2. The Kier molecular flexibility index (Phi) is 4.71. The molecule has 0 saturated carbocycles. The molecule has 0 atom stereocenters. The minimum atomic E-state index is 0.239. The lowest BCUT2D eigenvalue weighted by molar-refractivity contribution is 0.0145. The molecule has 1 aromatic heterocycles. The number of anilines is 1. The fraction of sp³-hybridized carbons (Fsp3) is 0.400. The molecule has 1 heterocycles. The summed E-state index contributed by atoms with van der Waals surface area (Å²) in [4.78, 5) is 4.38. The zero-order valence-electron chi connectivity index (χ0n) is 11.4. The Hall–Kier alpha value is -1.65. The summed E-state index contributed by atoms with van der Waals surface area (Å²) in [6, 6.07) is 7.73. The van der Waals surface area contributed by atoms with Gasteiger partial charge in [-0.25, -0.2) is 0 Å². The molecule has 2 aromatic rings. The molecule has 0 spiro atoms. The van der Waals surface area contributed by atoms with E-state index in [1.807, 2.05) is 38.1 Å². The molecule has 0 saturated heterocycles. The third-order valence-electron chi connectivity index (χ3n) is 2.82. The lowest BCUT2D eigenvalue weighted by atomic mass is 10.1. The van der Waals surface area contributed by atoms with Gasteiger partial charge < -0.3 is 15.2 Å². The maximum Gasteiger partial charge on any atom is 0.0777 e. The number of nitrogens with two attached hydrogens (primary N) is 1. The van der Waals surface area contributed by atoms with Gasteiger partial charge in [0.05, 0.1) is 31.4 Å². The molecule has 102 valence electrons. The third kappa shape index (κ3) is 3.66. The van der Waals surface area contributed by atoms with Gasteiger partial charge in [0.15, 0.2) is 0 Å². The van der Waals surface area contributed by atoms with Gasteiger partial charge in [0.25, 0.3) is 0 Å². The van der Waals surface area contributed by atoms with E-state index in [1.54, 1.807) is 6.20 Å².